The maximum atomic E-state index is 13.4. The van der Waals surface area contributed by atoms with Crippen molar-refractivity contribution in [2.24, 2.45) is 5.92 Å². The Hall–Kier alpha value is -5.50. The third-order valence-corrected chi connectivity index (χ3v) is 10.9. The molecule has 8 rings (SSSR count). The predicted molar refractivity (Wildman–Crippen MR) is 195 cm³/mol. The summed E-state index contributed by atoms with van der Waals surface area (Å²) >= 11 is 0. The molecule has 3 aromatic heterocycles. The van der Waals surface area contributed by atoms with Crippen molar-refractivity contribution < 1.29 is 23.9 Å². The average molecular weight is 706 g/mol. The number of rotatable bonds is 9. The van der Waals surface area contributed by atoms with Gasteiger partial charge in [0.05, 0.1) is 43.5 Å². The lowest BCUT2D eigenvalue weighted by Crippen LogP contribution is -2.48. The van der Waals surface area contributed by atoms with Crippen LogP contribution in [0.4, 0.5) is 11.5 Å². The lowest BCUT2D eigenvalue weighted by atomic mass is 9.85. The molecule has 3 aliphatic rings. The minimum Gasteiger partial charge on any atom is -0.496 e. The number of nitrogens with zero attached hydrogens (tertiary/aromatic N) is 7. The van der Waals surface area contributed by atoms with Crippen LogP contribution in [0.15, 0.2) is 61.1 Å². The first-order valence-corrected chi connectivity index (χ1v) is 18.0. The number of ether oxygens (including phenoxy) is 2. The number of hydrogen-bond acceptors (Lipinski definition) is 10. The van der Waals surface area contributed by atoms with Crippen LogP contribution in [0.5, 0.6) is 11.5 Å². The monoisotopic (exact) mass is 705 g/mol. The highest BCUT2D eigenvalue weighted by atomic mass is 16.5. The fourth-order valence-corrected chi connectivity index (χ4v) is 8.02. The number of anilines is 2. The normalized spacial score (nSPS) is 21.3. The number of aromatic nitrogens is 5. The van der Waals surface area contributed by atoms with Gasteiger partial charge in [0, 0.05) is 80.3 Å². The number of carbonyl (C=O) groups is 3. The molecule has 270 valence electrons. The molecule has 14 nitrogen and oxygen atoms in total. The second-order valence-electron chi connectivity index (χ2n) is 14.0. The fraction of sp³-hybridized carbons (Fsp3) is 0.421. The zero-order chi connectivity index (χ0) is 35.8. The van der Waals surface area contributed by atoms with Gasteiger partial charge in [0.15, 0.2) is 11.5 Å². The van der Waals surface area contributed by atoms with Crippen LogP contribution < -0.4 is 25.0 Å². The summed E-state index contributed by atoms with van der Waals surface area (Å²) in [5, 5.41) is 15.5. The first-order valence-electron chi connectivity index (χ1n) is 18.0. The van der Waals surface area contributed by atoms with Gasteiger partial charge in [-0.25, -0.2) is 4.98 Å². The van der Waals surface area contributed by atoms with E-state index in [0.717, 1.165) is 80.6 Å². The van der Waals surface area contributed by atoms with Crippen molar-refractivity contribution in [3.63, 3.8) is 0 Å². The van der Waals surface area contributed by atoms with Crippen LogP contribution in [-0.2, 0) is 9.59 Å². The van der Waals surface area contributed by atoms with E-state index in [1.807, 2.05) is 30.3 Å². The lowest BCUT2D eigenvalue weighted by molar-refractivity contribution is -0.134. The second kappa shape index (κ2) is 14.3. The summed E-state index contributed by atoms with van der Waals surface area (Å²) in [5.41, 5.74) is 3.79. The van der Waals surface area contributed by atoms with E-state index < -0.39 is 0 Å². The van der Waals surface area contributed by atoms with Gasteiger partial charge in [-0.05, 0) is 62.3 Å². The Morgan fingerprint density at radius 2 is 1.77 bits per heavy atom. The smallest absolute Gasteiger partial charge is 0.260 e. The molecular weight excluding hydrogens is 662 g/mol. The summed E-state index contributed by atoms with van der Waals surface area (Å²) < 4.78 is 15.0. The van der Waals surface area contributed by atoms with E-state index in [1.165, 1.54) is 0 Å². The second-order valence-corrected chi connectivity index (χ2v) is 14.0. The number of methoxy groups -OCH3 is 2. The first-order chi connectivity index (χ1) is 25.4. The van der Waals surface area contributed by atoms with Crippen LogP contribution in [0.3, 0.4) is 0 Å². The number of hydrogen-bond donors (Lipinski definition) is 2. The van der Waals surface area contributed by atoms with E-state index in [9.17, 15) is 14.4 Å². The molecule has 3 amide bonds. The highest BCUT2D eigenvalue weighted by Crippen LogP contribution is 2.37. The maximum Gasteiger partial charge on any atom is 0.260 e. The van der Waals surface area contributed by atoms with Crippen molar-refractivity contribution in [2.45, 2.75) is 50.5 Å². The number of benzene rings is 2. The van der Waals surface area contributed by atoms with E-state index in [1.54, 1.807) is 37.2 Å². The number of piperazine rings is 1. The van der Waals surface area contributed by atoms with Gasteiger partial charge in [0.2, 0.25) is 11.8 Å². The number of carbonyl (C=O) groups excluding carboxylic acids is 3. The van der Waals surface area contributed by atoms with Crippen molar-refractivity contribution in [2.75, 3.05) is 57.2 Å². The summed E-state index contributed by atoms with van der Waals surface area (Å²) in [5.74, 6) is 1.14. The largest absolute Gasteiger partial charge is 0.496 e. The fourth-order valence-electron chi connectivity index (χ4n) is 8.02. The van der Waals surface area contributed by atoms with Crippen molar-refractivity contribution in [3.05, 3.63) is 72.2 Å². The molecule has 52 heavy (non-hydrogen) atoms. The van der Waals surface area contributed by atoms with Gasteiger partial charge >= 0.3 is 0 Å². The molecule has 5 heterocycles. The summed E-state index contributed by atoms with van der Waals surface area (Å²) in [6, 6.07) is 13.7. The van der Waals surface area contributed by atoms with E-state index in [0.29, 0.717) is 53.3 Å². The topological polar surface area (TPSA) is 148 Å². The Balaban J connectivity index is 0.851. The molecule has 2 N–H and O–H groups in total. The van der Waals surface area contributed by atoms with E-state index in [-0.39, 0.29) is 23.6 Å². The summed E-state index contributed by atoms with van der Waals surface area (Å²) in [4.78, 5) is 46.8. The Bertz CT molecular complexity index is 2130. The molecule has 1 aliphatic carbocycles. The predicted octanol–water partition coefficient (Wildman–Crippen LogP) is 4.42. The minimum absolute atomic E-state index is 0.214. The van der Waals surface area contributed by atoms with Gasteiger partial charge < -0.3 is 19.7 Å². The Kier molecular flexibility index (Phi) is 9.22. The number of nitrogens with one attached hydrogen (secondary N) is 2. The molecule has 0 bridgehead atoms. The molecule has 1 saturated carbocycles. The standard InChI is InChI=1S/C38H43N9O5/c1-51-32-19-27(9-10-28(32)29-11-12-36(48)42-37(29)49)45-16-14-44(15-17-45)22-24-5-7-26(8-6-24)46-23-25-18-30(33(52-2)20-31(25)43-46)38(50)41-35-21-39-34-4-3-13-40-47(34)35/h3-4,9-10,13,18-21,23-24,26,29H,5-8,11-12,14-17,22H2,1-2H3,(H,41,50)(H,42,48,49). The van der Waals surface area contributed by atoms with Gasteiger partial charge in [-0.2, -0.15) is 14.7 Å². The number of fused-ring (bicyclic) bond motifs is 2. The molecule has 1 unspecified atom stereocenters. The Labute approximate surface area is 301 Å². The van der Waals surface area contributed by atoms with E-state index >= 15 is 0 Å². The third kappa shape index (κ3) is 6.65. The number of amides is 3. The van der Waals surface area contributed by atoms with Crippen molar-refractivity contribution in [3.8, 4) is 11.5 Å². The summed E-state index contributed by atoms with van der Waals surface area (Å²) in [6.07, 6.45) is 10.5. The van der Waals surface area contributed by atoms with Crippen molar-refractivity contribution in [1.82, 2.24) is 34.6 Å². The first kappa shape index (κ1) is 33.6. The Morgan fingerprint density at radius 1 is 0.962 bits per heavy atom. The van der Waals surface area contributed by atoms with Crippen molar-refractivity contribution in [1.29, 1.82) is 0 Å². The van der Waals surface area contributed by atoms with Gasteiger partial charge in [-0.3, -0.25) is 29.3 Å². The van der Waals surface area contributed by atoms with Gasteiger partial charge in [-0.15, -0.1) is 0 Å². The van der Waals surface area contributed by atoms with Crippen molar-refractivity contribution >= 4 is 45.8 Å². The van der Waals surface area contributed by atoms with Crippen LogP contribution in [0, 0.1) is 5.92 Å². The van der Waals surface area contributed by atoms with Crippen LogP contribution in [-0.4, -0.2) is 93.9 Å². The van der Waals surface area contributed by atoms with Crippen LogP contribution in [0.2, 0.25) is 0 Å². The van der Waals surface area contributed by atoms with Gasteiger partial charge in [0.25, 0.3) is 5.91 Å². The molecule has 2 saturated heterocycles. The third-order valence-electron chi connectivity index (χ3n) is 10.9. The van der Waals surface area contributed by atoms with E-state index in [2.05, 4.69) is 47.5 Å². The van der Waals surface area contributed by atoms with Crippen LogP contribution >= 0.6 is 0 Å². The Morgan fingerprint density at radius 3 is 2.54 bits per heavy atom. The summed E-state index contributed by atoms with van der Waals surface area (Å²) in [6.45, 7) is 4.93. The molecule has 2 aliphatic heterocycles. The SMILES string of the molecule is COc1cc2nn(C3CCC(CN4CCN(c5ccc(C6CCC(=O)NC6=O)c(OC)c5)CC4)CC3)cc2cc1C(=O)Nc1cnc2cccnn12. The molecular formula is C38H43N9O5. The highest BCUT2D eigenvalue weighted by molar-refractivity contribution is 6.08. The molecule has 5 aromatic rings. The zero-order valence-corrected chi connectivity index (χ0v) is 29.5. The van der Waals surface area contributed by atoms with Crippen LogP contribution in [0.25, 0.3) is 16.6 Å². The molecule has 14 heteroatoms. The average Bonchev–Trinajstić information content (AvgIpc) is 3.78. The summed E-state index contributed by atoms with van der Waals surface area (Å²) in [7, 11) is 3.19. The van der Waals surface area contributed by atoms with Gasteiger partial charge in [-0.1, -0.05) is 6.07 Å². The van der Waals surface area contributed by atoms with E-state index in [4.69, 9.17) is 14.6 Å². The number of imide groups is 1. The quantitative estimate of drug-likeness (QED) is 0.211. The molecule has 1 atom stereocenters. The van der Waals surface area contributed by atoms with Gasteiger partial charge in [0.1, 0.15) is 11.5 Å². The highest BCUT2D eigenvalue weighted by Gasteiger charge is 2.31. The zero-order valence-electron chi connectivity index (χ0n) is 29.5. The molecule has 0 spiro atoms. The molecule has 2 aromatic carbocycles. The number of piperidine rings is 1. The van der Waals surface area contributed by atoms with Crippen LogP contribution in [0.1, 0.15) is 66.4 Å². The lowest BCUT2D eigenvalue weighted by Gasteiger charge is -2.39. The number of imidazole rings is 1. The molecule has 0 radical (unpaired) electrons. The minimum atomic E-state index is -0.371. The maximum absolute atomic E-state index is 13.4. The molecule has 3 fully saturated rings.